The van der Waals surface area contributed by atoms with Crippen LogP contribution in [-0.4, -0.2) is 15.0 Å². The first kappa shape index (κ1) is 29.3. The Labute approximate surface area is 292 Å². The highest BCUT2D eigenvalue weighted by molar-refractivity contribution is 5.95. The number of nitrogens with zero attached hydrogens (tertiary/aromatic N) is 4. The molecule has 4 aliphatic rings. The number of fused-ring (bicyclic) bond motifs is 2. The van der Waals surface area contributed by atoms with E-state index in [2.05, 4.69) is 109 Å². The Hall–Kier alpha value is -5.66. The minimum Gasteiger partial charge on any atom is -0.208 e. The lowest BCUT2D eigenvalue weighted by molar-refractivity contribution is -0.0280. The SMILES string of the molecule is N#Cc1cccc2cc(C34CC5CC(CC(c6ccc(-c7nc(-c8ccccc8)nc(-c8cccc9ccccc89)n7)cc6)(C5)C3)C4)ccc12. The number of rotatable bonds is 5. The second kappa shape index (κ2) is 11.2. The summed E-state index contributed by atoms with van der Waals surface area (Å²) in [5, 5.41) is 14.2. The van der Waals surface area contributed by atoms with Gasteiger partial charge >= 0.3 is 0 Å². The maximum absolute atomic E-state index is 9.70. The van der Waals surface area contributed by atoms with E-state index in [-0.39, 0.29) is 10.8 Å². The van der Waals surface area contributed by atoms with Gasteiger partial charge < -0.3 is 0 Å². The predicted molar refractivity (Wildman–Crippen MR) is 200 cm³/mol. The summed E-state index contributed by atoms with van der Waals surface area (Å²) in [5.74, 6) is 3.57. The van der Waals surface area contributed by atoms with E-state index in [0.29, 0.717) is 17.5 Å². The van der Waals surface area contributed by atoms with Crippen molar-refractivity contribution >= 4 is 21.5 Å². The number of nitriles is 1. The van der Waals surface area contributed by atoms with Gasteiger partial charge in [0.1, 0.15) is 0 Å². The van der Waals surface area contributed by atoms with Gasteiger partial charge in [-0.25, -0.2) is 15.0 Å². The number of aromatic nitrogens is 3. The van der Waals surface area contributed by atoms with Crippen LogP contribution in [0.25, 0.3) is 55.7 Å². The lowest BCUT2D eigenvalue weighted by Gasteiger charge is -2.63. The molecule has 0 radical (unpaired) electrons. The van der Waals surface area contributed by atoms with Gasteiger partial charge in [-0.2, -0.15) is 5.26 Å². The summed E-state index contributed by atoms with van der Waals surface area (Å²) in [5.41, 5.74) is 7.04. The van der Waals surface area contributed by atoms with Gasteiger partial charge in [-0.3, -0.25) is 0 Å². The van der Waals surface area contributed by atoms with Gasteiger partial charge in [0, 0.05) is 16.7 Å². The molecule has 11 rings (SSSR count). The number of hydrogen-bond acceptors (Lipinski definition) is 4. The average Bonchev–Trinajstić information content (AvgIpc) is 3.17. The van der Waals surface area contributed by atoms with E-state index in [1.54, 1.807) is 0 Å². The largest absolute Gasteiger partial charge is 0.208 e. The van der Waals surface area contributed by atoms with E-state index >= 15 is 0 Å². The Morgan fingerprint density at radius 2 is 1.12 bits per heavy atom. The zero-order valence-corrected chi connectivity index (χ0v) is 27.9. The fraction of sp³-hybridized carbons (Fsp3) is 0.217. The van der Waals surface area contributed by atoms with Crippen LogP contribution < -0.4 is 0 Å². The molecule has 0 N–H and O–H groups in total. The average molecular weight is 645 g/mol. The second-order valence-corrected chi connectivity index (χ2v) is 15.2. The third-order valence-electron chi connectivity index (χ3n) is 12.1. The van der Waals surface area contributed by atoms with Crippen LogP contribution in [0, 0.1) is 23.2 Å². The lowest BCUT2D eigenvalue weighted by atomic mass is 9.41. The highest BCUT2D eigenvalue weighted by Gasteiger charge is 2.58. The molecule has 6 aromatic carbocycles. The smallest absolute Gasteiger partial charge is 0.164 e. The molecule has 1 heterocycles. The zero-order valence-electron chi connectivity index (χ0n) is 27.9. The maximum Gasteiger partial charge on any atom is 0.164 e. The van der Waals surface area contributed by atoms with E-state index in [1.807, 2.05) is 30.3 Å². The molecule has 4 saturated carbocycles. The molecule has 4 aliphatic carbocycles. The zero-order chi connectivity index (χ0) is 33.3. The van der Waals surface area contributed by atoms with Crippen LogP contribution >= 0.6 is 0 Å². The maximum atomic E-state index is 9.70. The third-order valence-corrected chi connectivity index (χ3v) is 12.1. The molecule has 0 amide bonds. The van der Waals surface area contributed by atoms with Crippen molar-refractivity contribution < 1.29 is 0 Å². The van der Waals surface area contributed by atoms with Crippen molar-refractivity contribution in [3.05, 3.63) is 150 Å². The normalized spacial score (nSPS) is 23.7. The van der Waals surface area contributed by atoms with Gasteiger partial charge in [0.2, 0.25) is 0 Å². The lowest BCUT2D eigenvalue weighted by Crippen LogP contribution is -2.55. The van der Waals surface area contributed by atoms with Crippen molar-refractivity contribution in [1.82, 2.24) is 15.0 Å². The molecule has 1 aromatic heterocycles. The second-order valence-electron chi connectivity index (χ2n) is 15.2. The molecular formula is C46H36N4. The van der Waals surface area contributed by atoms with Gasteiger partial charge in [0.05, 0.1) is 11.6 Å². The summed E-state index contributed by atoms with van der Waals surface area (Å²) >= 11 is 0. The Morgan fingerprint density at radius 1 is 0.520 bits per heavy atom. The molecular weight excluding hydrogens is 609 g/mol. The van der Waals surface area contributed by atoms with Gasteiger partial charge in [-0.05, 0) is 99.9 Å². The summed E-state index contributed by atoms with van der Waals surface area (Å²) in [7, 11) is 0. The molecule has 0 aliphatic heterocycles. The van der Waals surface area contributed by atoms with E-state index in [0.717, 1.165) is 44.9 Å². The summed E-state index contributed by atoms with van der Waals surface area (Å²) in [6, 6.07) is 49.7. The Morgan fingerprint density at radius 3 is 1.88 bits per heavy atom. The molecule has 240 valence electrons. The summed E-state index contributed by atoms with van der Waals surface area (Å²) in [4.78, 5) is 15.2. The van der Waals surface area contributed by atoms with E-state index in [1.165, 1.54) is 60.4 Å². The van der Waals surface area contributed by atoms with Crippen molar-refractivity contribution in [2.75, 3.05) is 0 Å². The van der Waals surface area contributed by atoms with Crippen LogP contribution in [0.2, 0.25) is 0 Å². The molecule has 4 fully saturated rings. The highest BCUT2D eigenvalue weighted by atomic mass is 15.0. The van der Waals surface area contributed by atoms with Crippen molar-refractivity contribution in [1.29, 1.82) is 5.26 Å². The van der Waals surface area contributed by atoms with Crippen LogP contribution in [0.3, 0.4) is 0 Å². The summed E-state index contributed by atoms with van der Waals surface area (Å²) in [6.45, 7) is 0. The van der Waals surface area contributed by atoms with Crippen LogP contribution in [-0.2, 0) is 10.8 Å². The first-order chi connectivity index (χ1) is 24.6. The highest BCUT2D eigenvalue weighted by Crippen LogP contribution is 2.66. The van der Waals surface area contributed by atoms with Crippen molar-refractivity contribution in [2.45, 2.75) is 49.4 Å². The topological polar surface area (TPSA) is 62.5 Å². The minimum absolute atomic E-state index is 0.175. The summed E-state index contributed by atoms with van der Waals surface area (Å²) < 4.78 is 0. The first-order valence-electron chi connectivity index (χ1n) is 17.9. The quantitative estimate of drug-likeness (QED) is 0.187. The van der Waals surface area contributed by atoms with Crippen molar-refractivity contribution in [2.24, 2.45) is 11.8 Å². The molecule has 4 nitrogen and oxygen atoms in total. The summed E-state index contributed by atoms with van der Waals surface area (Å²) in [6.07, 6.45) is 7.63. The molecule has 50 heavy (non-hydrogen) atoms. The van der Waals surface area contributed by atoms with Crippen LogP contribution in [0.4, 0.5) is 0 Å². The Balaban J connectivity index is 1.04. The molecule has 0 saturated heterocycles. The third kappa shape index (κ3) is 4.68. The fourth-order valence-corrected chi connectivity index (χ4v) is 10.4. The first-order valence-corrected chi connectivity index (χ1v) is 17.9. The standard InChI is InChI=1S/C46H36N4/c47-28-36-13-6-12-35-23-38(20-21-39(35)36)46-26-30-22-31(27-46)25-45(24-30,29-46)37-18-16-34(17-19-37)43-48-42(33-9-2-1-3-10-33)49-44(50-43)41-15-7-11-32-8-4-5-14-40(32)41/h1-21,23,30-31H,22,24-27,29H2. The monoisotopic (exact) mass is 644 g/mol. The van der Waals surface area contributed by atoms with Gasteiger partial charge in [-0.15, -0.1) is 0 Å². The number of benzene rings is 6. The molecule has 4 heteroatoms. The fourth-order valence-electron chi connectivity index (χ4n) is 10.4. The van der Waals surface area contributed by atoms with Crippen LogP contribution in [0.15, 0.2) is 133 Å². The predicted octanol–water partition coefficient (Wildman–Crippen LogP) is 10.8. The van der Waals surface area contributed by atoms with Crippen LogP contribution in [0.1, 0.15) is 55.2 Å². The molecule has 2 atom stereocenters. The van der Waals surface area contributed by atoms with Crippen LogP contribution in [0.5, 0.6) is 0 Å². The molecule has 2 unspecified atom stereocenters. The van der Waals surface area contributed by atoms with E-state index in [4.69, 9.17) is 15.0 Å². The van der Waals surface area contributed by atoms with Gasteiger partial charge in [-0.1, -0.05) is 127 Å². The minimum atomic E-state index is 0.175. The number of hydrogen-bond donors (Lipinski definition) is 0. The van der Waals surface area contributed by atoms with E-state index < -0.39 is 0 Å². The van der Waals surface area contributed by atoms with Crippen molar-refractivity contribution in [3.63, 3.8) is 0 Å². The molecule has 0 spiro atoms. The van der Waals surface area contributed by atoms with Gasteiger partial charge in [0.15, 0.2) is 17.5 Å². The van der Waals surface area contributed by atoms with Gasteiger partial charge in [0.25, 0.3) is 0 Å². The van der Waals surface area contributed by atoms with Crippen molar-refractivity contribution in [3.8, 4) is 40.2 Å². The Bertz CT molecular complexity index is 2460. The molecule has 7 aromatic rings. The van der Waals surface area contributed by atoms with E-state index in [9.17, 15) is 5.26 Å². The molecule has 4 bridgehead atoms. The Kier molecular flexibility index (Phi) is 6.55.